The fourth-order valence-corrected chi connectivity index (χ4v) is 3.77. The molecule has 0 radical (unpaired) electrons. The van der Waals surface area contributed by atoms with E-state index in [-0.39, 0.29) is 12.2 Å². The van der Waals surface area contributed by atoms with Crippen molar-refractivity contribution in [2.45, 2.75) is 64.6 Å². The second-order valence-electron chi connectivity index (χ2n) is 6.89. The van der Waals surface area contributed by atoms with Gasteiger partial charge in [-0.3, -0.25) is 0 Å². The Labute approximate surface area is 127 Å². The molecule has 0 aromatic heterocycles. The van der Waals surface area contributed by atoms with Crippen LogP contribution in [0.15, 0.2) is 18.2 Å². The Morgan fingerprint density at radius 3 is 2.76 bits per heavy atom. The number of hydrogen-bond acceptors (Lipinski definition) is 3. The molecule has 3 heteroatoms. The highest BCUT2D eigenvalue weighted by Crippen LogP contribution is 2.42. The Balaban J connectivity index is 1.75. The number of ether oxygens (including phenoxy) is 3. The van der Waals surface area contributed by atoms with E-state index in [0.717, 1.165) is 12.8 Å². The van der Waals surface area contributed by atoms with Crippen molar-refractivity contribution in [1.29, 1.82) is 0 Å². The van der Waals surface area contributed by atoms with Gasteiger partial charge in [0.15, 0.2) is 5.79 Å². The fraction of sp³-hybridized carbons (Fsp3) is 0.667. The summed E-state index contributed by atoms with van der Waals surface area (Å²) in [5, 5.41) is 0. The minimum atomic E-state index is -0.420. The van der Waals surface area contributed by atoms with Gasteiger partial charge >= 0.3 is 0 Å². The normalized spacial score (nSPS) is 30.6. The zero-order valence-corrected chi connectivity index (χ0v) is 13.5. The van der Waals surface area contributed by atoms with Crippen LogP contribution in [-0.2, 0) is 27.2 Å². The van der Waals surface area contributed by atoms with Crippen LogP contribution in [0.4, 0.5) is 0 Å². The fourth-order valence-electron chi connectivity index (χ4n) is 3.77. The van der Waals surface area contributed by atoms with Crippen molar-refractivity contribution in [3.8, 4) is 0 Å². The third kappa shape index (κ3) is 3.15. The quantitative estimate of drug-likeness (QED) is 0.847. The lowest BCUT2D eigenvalue weighted by atomic mass is 9.92. The summed E-state index contributed by atoms with van der Waals surface area (Å²) in [7, 11) is 1.76. The largest absolute Gasteiger partial charge is 0.380 e. The van der Waals surface area contributed by atoms with Crippen LogP contribution in [0.1, 0.15) is 43.4 Å². The first-order valence-electron chi connectivity index (χ1n) is 7.91. The standard InChI is InChI=1S/C18H26O3/c1-12-5-6-13(15(9-12)11-19-4)10-14-7-8-16-17(14)21-18(2,3)20-16/h5-6,9,14,16-17H,7-8,10-11H2,1-4H3. The zero-order valence-electron chi connectivity index (χ0n) is 13.5. The number of benzene rings is 1. The number of fused-ring (bicyclic) bond motifs is 1. The van der Waals surface area contributed by atoms with E-state index in [1.54, 1.807) is 7.11 Å². The van der Waals surface area contributed by atoms with Gasteiger partial charge in [-0.25, -0.2) is 0 Å². The summed E-state index contributed by atoms with van der Waals surface area (Å²) in [5.41, 5.74) is 3.98. The summed E-state index contributed by atoms with van der Waals surface area (Å²) < 4.78 is 17.5. The Morgan fingerprint density at radius 2 is 2.00 bits per heavy atom. The van der Waals surface area contributed by atoms with Gasteiger partial charge in [0.2, 0.25) is 0 Å². The molecule has 0 N–H and O–H groups in total. The van der Waals surface area contributed by atoms with Crippen molar-refractivity contribution in [3.63, 3.8) is 0 Å². The van der Waals surface area contributed by atoms with E-state index in [9.17, 15) is 0 Å². The molecule has 2 fully saturated rings. The van der Waals surface area contributed by atoms with Crippen LogP contribution in [0, 0.1) is 12.8 Å². The van der Waals surface area contributed by atoms with Crippen LogP contribution in [0.5, 0.6) is 0 Å². The summed E-state index contributed by atoms with van der Waals surface area (Å²) >= 11 is 0. The van der Waals surface area contributed by atoms with Gasteiger partial charge < -0.3 is 14.2 Å². The van der Waals surface area contributed by atoms with E-state index < -0.39 is 5.79 Å². The SMILES string of the molecule is COCc1cc(C)ccc1CC1CCC2OC(C)(C)OC12. The van der Waals surface area contributed by atoms with E-state index in [2.05, 4.69) is 25.1 Å². The van der Waals surface area contributed by atoms with Crippen LogP contribution >= 0.6 is 0 Å². The topological polar surface area (TPSA) is 27.7 Å². The van der Waals surface area contributed by atoms with E-state index in [1.807, 2.05) is 13.8 Å². The maximum absolute atomic E-state index is 6.13. The van der Waals surface area contributed by atoms with Crippen LogP contribution < -0.4 is 0 Å². The lowest BCUT2D eigenvalue weighted by Crippen LogP contribution is -2.26. The van der Waals surface area contributed by atoms with E-state index in [4.69, 9.17) is 14.2 Å². The molecule has 116 valence electrons. The van der Waals surface area contributed by atoms with Gasteiger partial charge in [-0.1, -0.05) is 23.8 Å². The molecule has 0 amide bonds. The highest BCUT2D eigenvalue weighted by molar-refractivity contribution is 5.32. The van der Waals surface area contributed by atoms with Gasteiger partial charge in [-0.2, -0.15) is 0 Å². The van der Waals surface area contributed by atoms with Crippen molar-refractivity contribution in [3.05, 3.63) is 34.9 Å². The third-order valence-corrected chi connectivity index (χ3v) is 4.65. The van der Waals surface area contributed by atoms with Crippen molar-refractivity contribution < 1.29 is 14.2 Å². The van der Waals surface area contributed by atoms with Crippen molar-refractivity contribution >= 4 is 0 Å². The van der Waals surface area contributed by atoms with Crippen LogP contribution in [0.3, 0.4) is 0 Å². The molecule has 2 aliphatic rings. The molecule has 1 aromatic rings. The lowest BCUT2D eigenvalue weighted by molar-refractivity contribution is -0.156. The first-order valence-corrected chi connectivity index (χ1v) is 7.91. The summed E-state index contributed by atoms with van der Waals surface area (Å²) in [6.07, 6.45) is 3.88. The van der Waals surface area contributed by atoms with Crippen LogP contribution in [0.2, 0.25) is 0 Å². The second kappa shape index (κ2) is 5.71. The predicted molar refractivity (Wildman–Crippen MR) is 82.1 cm³/mol. The first-order chi connectivity index (χ1) is 9.98. The summed E-state index contributed by atoms with van der Waals surface area (Å²) in [5.74, 6) is 0.131. The molecular weight excluding hydrogens is 264 g/mol. The van der Waals surface area contributed by atoms with Crippen LogP contribution in [0.25, 0.3) is 0 Å². The van der Waals surface area contributed by atoms with Crippen molar-refractivity contribution in [2.24, 2.45) is 5.92 Å². The molecule has 1 heterocycles. The third-order valence-electron chi connectivity index (χ3n) is 4.65. The Morgan fingerprint density at radius 1 is 1.19 bits per heavy atom. The van der Waals surface area contributed by atoms with Gasteiger partial charge in [-0.15, -0.1) is 0 Å². The summed E-state index contributed by atoms with van der Waals surface area (Å²) in [6, 6.07) is 6.68. The van der Waals surface area contributed by atoms with Crippen molar-refractivity contribution in [2.75, 3.05) is 7.11 Å². The molecule has 3 rings (SSSR count). The average molecular weight is 290 g/mol. The molecule has 3 atom stereocenters. The monoisotopic (exact) mass is 290 g/mol. The Hall–Kier alpha value is -0.900. The Bertz CT molecular complexity index is 509. The first kappa shape index (κ1) is 15.0. The number of aryl methyl sites for hydroxylation is 1. The molecule has 1 aromatic carbocycles. The molecular formula is C18H26O3. The maximum atomic E-state index is 6.13. The van der Waals surface area contributed by atoms with Gasteiger partial charge in [0, 0.05) is 7.11 Å². The van der Waals surface area contributed by atoms with Gasteiger partial charge in [-0.05, 0) is 57.1 Å². The smallest absolute Gasteiger partial charge is 0.163 e. The molecule has 1 saturated carbocycles. The van der Waals surface area contributed by atoms with Crippen LogP contribution in [-0.4, -0.2) is 25.1 Å². The molecule has 1 aliphatic heterocycles. The molecule has 1 saturated heterocycles. The zero-order chi connectivity index (χ0) is 15.0. The maximum Gasteiger partial charge on any atom is 0.163 e. The summed E-state index contributed by atoms with van der Waals surface area (Å²) in [4.78, 5) is 0. The van der Waals surface area contributed by atoms with Gasteiger partial charge in [0.05, 0.1) is 18.8 Å². The highest BCUT2D eigenvalue weighted by Gasteiger charge is 2.48. The minimum Gasteiger partial charge on any atom is -0.380 e. The van der Waals surface area contributed by atoms with Crippen molar-refractivity contribution in [1.82, 2.24) is 0 Å². The number of methoxy groups -OCH3 is 1. The van der Waals surface area contributed by atoms with E-state index in [1.165, 1.54) is 23.1 Å². The molecule has 3 nitrogen and oxygen atoms in total. The molecule has 1 aliphatic carbocycles. The van der Waals surface area contributed by atoms with Gasteiger partial charge in [0.25, 0.3) is 0 Å². The Kier molecular flexibility index (Phi) is 4.08. The average Bonchev–Trinajstić information content (AvgIpc) is 2.89. The number of hydrogen-bond donors (Lipinski definition) is 0. The van der Waals surface area contributed by atoms with Gasteiger partial charge in [0.1, 0.15) is 0 Å². The molecule has 0 spiro atoms. The van der Waals surface area contributed by atoms with E-state index >= 15 is 0 Å². The molecule has 0 bridgehead atoms. The minimum absolute atomic E-state index is 0.247. The lowest BCUT2D eigenvalue weighted by Gasteiger charge is -2.22. The molecule has 21 heavy (non-hydrogen) atoms. The highest BCUT2D eigenvalue weighted by atomic mass is 16.8. The van der Waals surface area contributed by atoms with E-state index in [0.29, 0.717) is 12.5 Å². The molecule has 3 unspecified atom stereocenters. The second-order valence-corrected chi connectivity index (χ2v) is 6.89. The number of rotatable bonds is 4. The predicted octanol–water partition coefficient (Wildman–Crippen LogP) is 3.61. The summed E-state index contributed by atoms with van der Waals surface area (Å²) in [6.45, 7) is 6.85.